The van der Waals surface area contributed by atoms with Gasteiger partial charge >= 0.3 is 0 Å². The molecule has 28 heavy (non-hydrogen) atoms. The summed E-state index contributed by atoms with van der Waals surface area (Å²) in [5.74, 6) is 0.764. The molecule has 1 saturated heterocycles. The highest BCUT2D eigenvalue weighted by atomic mass is 127. The van der Waals surface area contributed by atoms with Crippen LogP contribution >= 0.6 is 35.3 Å². The highest BCUT2D eigenvalue weighted by molar-refractivity contribution is 14.0. The van der Waals surface area contributed by atoms with Gasteiger partial charge in [-0.25, -0.2) is 4.98 Å². The van der Waals surface area contributed by atoms with Gasteiger partial charge in [0, 0.05) is 44.2 Å². The summed E-state index contributed by atoms with van der Waals surface area (Å²) in [6, 6.07) is 0. The van der Waals surface area contributed by atoms with E-state index in [1.807, 2.05) is 18.1 Å². The molecule has 0 unspecified atom stereocenters. The number of nitrogens with zero attached hydrogens (tertiary/aromatic N) is 6. The highest BCUT2D eigenvalue weighted by Gasteiger charge is 2.27. The molecule has 0 atom stereocenters. The Bertz CT molecular complexity index is 839. The van der Waals surface area contributed by atoms with Crippen molar-refractivity contribution in [3.05, 3.63) is 28.5 Å². The van der Waals surface area contributed by atoms with Gasteiger partial charge in [0.1, 0.15) is 6.54 Å². The first-order valence-electron chi connectivity index (χ1n) is 8.97. The van der Waals surface area contributed by atoms with Gasteiger partial charge in [-0.2, -0.15) is 5.10 Å². The van der Waals surface area contributed by atoms with Crippen LogP contribution in [0.2, 0.25) is 0 Å². The maximum atomic E-state index is 12.6. The first kappa shape index (κ1) is 22.6. The van der Waals surface area contributed by atoms with Crippen LogP contribution in [0.4, 0.5) is 5.69 Å². The predicted molar refractivity (Wildman–Crippen MR) is 124 cm³/mol. The molecule has 0 bridgehead atoms. The monoisotopic (exact) mass is 517 g/mol. The minimum atomic E-state index is 0. The molecule has 0 aliphatic carbocycles. The normalized spacial score (nSPS) is 15.6. The molecule has 3 rings (SSSR count). The van der Waals surface area contributed by atoms with Crippen LogP contribution in [0.5, 0.6) is 0 Å². The Balaban J connectivity index is 0.00000280. The lowest BCUT2D eigenvalue weighted by Gasteiger charge is -2.35. The van der Waals surface area contributed by atoms with E-state index in [-0.39, 0.29) is 35.3 Å². The van der Waals surface area contributed by atoms with E-state index < -0.39 is 0 Å². The van der Waals surface area contributed by atoms with E-state index in [1.165, 1.54) is 0 Å². The number of anilines is 1. The van der Waals surface area contributed by atoms with Gasteiger partial charge in [0.05, 0.1) is 29.1 Å². The lowest BCUT2D eigenvalue weighted by Crippen LogP contribution is -2.55. The zero-order valence-electron chi connectivity index (χ0n) is 17.0. The number of aryl methyl sites for hydroxylation is 1. The lowest BCUT2D eigenvalue weighted by atomic mass is 9.98. The zero-order valence-corrected chi connectivity index (χ0v) is 20.1. The third-order valence-electron chi connectivity index (χ3n) is 4.36. The molecule has 154 valence electrons. The summed E-state index contributed by atoms with van der Waals surface area (Å²) in [5.41, 5.74) is 1.88. The second-order valence-corrected chi connectivity index (χ2v) is 8.49. The summed E-state index contributed by atoms with van der Waals surface area (Å²) in [6.07, 6.45) is 3.57. The average Bonchev–Trinajstić information content (AvgIpc) is 3.24. The Kier molecular flexibility index (Phi) is 7.43. The van der Waals surface area contributed by atoms with Crippen molar-refractivity contribution in [3.63, 3.8) is 0 Å². The number of aliphatic imine (C=N–C) groups is 1. The number of amides is 1. The van der Waals surface area contributed by atoms with Crippen molar-refractivity contribution in [2.45, 2.75) is 32.7 Å². The van der Waals surface area contributed by atoms with Crippen LogP contribution in [0, 0.1) is 0 Å². The minimum Gasteiger partial charge on any atom is -0.351 e. The summed E-state index contributed by atoms with van der Waals surface area (Å²) < 4.78 is 1.70. The van der Waals surface area contributed by atoms with Crippen molar-refractivity contribution in [3.8, 4) is 0 Å². The molecule has 1 aliphatic rings. The minimum absolute atomic E-state index is 0. The number of nitrogens with one attached hydrogen (secondary N) is 1. The maximum absolute atomic E-state index is 12.6. The first-order chi connectivity index (χ1) is 12.8. The van der Waals surface area contributed by atoms with Crippen molar-refractivity contribution >= 4 is 52.9 Å². The molecule has 1 N–H and O–H groups in total. The molecular weight excluding hydrogens is 489 g/mol. The molecule has 10 heteroatoms. The van der Waals surface area contributed by atoms with E-state index in [4.69, 9.17) is 4.98 Å². The molecule has 0 spiro atoms. The van der Waals surface area contributed by atoms with Gasteiger partial charge < -0.3 is 15.1 Å². The van der Waals surface area contributed by atoms with E-state index in [0.717, 1.165) is 22.3 Å². The van der Waals surface area contributed by atoms with Crippen LogP contribution in [0.3, 0.4) is 0 Å². The number of piperazine rings is 1. The lowest BCUT2D eigenvalue weighted by molar-refractivity contribution is -0.120. The van der Waals surface area contributed by atoms with E-state index >= 15 is 0 Å². The van der Waals surface area contributed by atoms with Gasteiger partial charge in [-0.05, 0) is 0 Å². The van der Waals surface area contributed by atoms with Crippen LogP contribution in [0.25, 0.3) is 0 Å². The molecule has 0 radical (unpaired) electrons. The van der Waals surface area contributed by atoms with Gasteiger partial charge in [0.15, 0.2) is 5.96 Å². The molecule has 1 amide bonds. The van der Waals surface area contributed by atoms with Gasteiger partial charge in [-0.1, -0.05) is 20.8 Å². The number of halogens is 1. The fourth-order valence-electron chi connectivity index (χ4n) is 2.91. The van der Waals surface area contributed by atoms with E-state index in [9.17, 15) is 4.79 Å². The number of carbonyl (C=O) groups is 1. The standard InChI is InChI=1S/C18H27N7OS.HI/c1-18(2,3)16-22-13(12-27-16)8-20-17(19-4)24-6-7-25(15(26)11-24)14-9-21-23(5)10-14;/h9-10,12H,6-8,11H2,1-5H3,(H,19,20);1H. The molecule has 1 fully saturated rings. The molecule has 3 heterocycles. The third-order valence-corrected chi connectivity index (χ3v) is 5.67. The second kappa shape index (κ2) is 9.21. The van der Waals surface area contributed by atoms with Gasteiger partial charge in [-0.15, -0.1) is 35.3 Å². The van der Waals surface area contributed by atoms with Crippen molar-refractivity contribution in [2.24, 2.45) is 12.0 Å². The summed E-state index contributed by atoms with van der Waals surface area (Å²) in [4.78, 5) is 25.4. The molecule has 1 aliphatic heterocycles. The Labute approximate surface area is 187 Å². The van der Waals surface area contributed by atoms with E-state index in [2.05, 4.69) is 41.6 Å². The molecule has 2 aromatic rings. The topological polar surface area (TPSA) is 78.7 Å². The first-order valence-corrected chi connectivity index (χ1v) is 9.85. The van der Waals surface area contributed by atoms with Crippen LogP contribution in [-0.2, 0) is 23.8 Å². The van der Waals surface area contributed by atoms with Crippen LogP contribution in [0.1, 0.15) is 31.5 Å². The average molecular weight is 517 g/mol. The van der Waals surface area contributed by atoms with Gasteiger partial charge in [0.25, 0.3) is 0 Å². The predicted octanol–water partition coefficient (Wildman–Crippen LogP) is 2.22. The quantitative estimate of drug-likeness (QED) is 0.384. The van der Waals surface area contributed by atoms with Crippen LogP contribution in [-0.4, -0.2) is 58.2 Å². The number of aromatic nitrogens is 3. The van der Waals surface area contributed by atoms with Gasteiger partial charge in [-0.3, -0.25) is 14.5 Å². The molecular formula is C18H28IN7OS. The summed E-state index contributed by atoms with van der Waals surface area (Å²) in [7, 11) is 3.58. The second-order valence-electron chi connectivity index (χ2n) is 7.63. The Morgan fingerprint density at radius 2 is 2.11 bits per heavy atom. The fourth-order valence-corrected chi connectivity index (χ4v) is 3.82. The van der Waals surface area contributed by atoms with Crippen molar-refractivity contribution < 1.29 is 4.79 Å². The third kappa shape index (κ3) is 5.22. The largest absolute Gasteiger partial charge is 0.351 e. The Morgan fingerprint density at radius 1 is 1.36 bits per heavy atom. The number of guanidine groups is 1. The number of carbonyl (C=O) groups excluding carboxylic acids is 1. The molecule has 0 saturated carbocycles. The smallest absolute Gasteiger partial charge is 0.246 e. The number of thiazole rings is 1. The number of hydrogen-bond donors (Lipinski definition) is 1. The number of rotatable bonds is 3. The van der Waals surface area contributed by atoms with Gasteiger partial charge in [0.2, 0.25) is 5.91 Å². The Morgan fingerprint density at radius 3 is 2.64 bits per heavy atom. The number of hydrogen-bond acceptors (Lipinski definition) is 5. The van der Waals surface area contributed by atoms with E-state index in [1.54, 1.807) is 34.2 Å². The highest BCUT2D eigenvalue weighted by Crippen LogP contribution is 2.25. The van der Waals surface area contributed by atoms with Crippen LogP contribution < -0.4 is 10.2 Å². The van der Waals surface area contributed by atoms with E-state index in [0.29, 0.717) is 26.2 Å². The summed E-state index contributed by atoms with van der Waals surface area (Å²) in [6.45, 7) is 8.69. The zero-order chi connectivity index (χ0) is 19.6. The van der Waals surface area contributed by atoms with Crippen LogP contribution in [0.15, 0.2) is 22.8 Å². The Hall–Kier alpha value is -1.69. The molecule has 2 aromatic heterocycles. The fraction of sp³-hybridized carbons (Fsp3) is 0.556. The maximum Gasteiger partial charge on any atom is 0.246 e. The van der Waals surface area contributed by atoms with Crippen molar-refractivity contribution in [1.82, 2.24) is 25.0 Å². The SMILES string of the molecule is CN=C(NCc1csc(C(C)(C)C)n1)N1CCN(c2cnn(C)c2)C(=O)C1.I. The van der Waals surface area contributed by atoms with Crippen molar-refractivity contribution in [2.75, 3.05) is 31.6 Å². The molecule has 0 aromatic carbocycles. The van der Waals surface area contributed by atoms with Crippen molar-refractivity contribution in [1.29, 1.82) is 0 Å². The molecule has 8 nitrogen and oxygen atoms in total. The summed E-state index contributed by atoms with van der Waals surface area (Å²) in [5, 5.41) is 10.7. The summed E-state index contributed by atoms with van der Waals surface area (Å²) >= 11 is 1.68.